The zero-order chi connectivity index (χ0) is 20.5. The first kappa shape index (κ1) is 20.2. The van der Waals surface area contributed by atoms with Gasteiger partial charge in [-0.15, -0.1) is 0 Å². The van der Waals surface area contributed by atoms with Gasteiger partial charge in [-0.2, -0.15) is 0 Å². The zero-order valence-corrected chi connectivity index (χ0v) is 16.5. The van der Waals surface area contributed by atoms with Gasteiger partial charge >= 0.3 is 0 Å². The molecule has 0 aliphatic rings. The second-order valence-electron chi connectivity index (χ2n) is 6.78. The molecule has 2 aromatic carbocycles. The Morgan fingerprint density at radius 2 is 1.62 bits per heavy atom. The van der Waals surface area contributed by atoms with Crippen molar-refractivity contribution in [3.05, 3.63) is 106 Å². The molecule has 3 aromatic rings. The second kappa shape index (κ2) is 10.1. The molecular weight excluding hydrogens is 360 g/mol. The fourth-order valence-corrected chi connectivity index (χ4v) is 2.90. The first-order valence-electron chi connectivity index (χ1n) is 9.81. The molecule has 0 saturated heterocycles. The summed E-state index contributed by atoms with van der Waals surface area (Å²) in [5.41, 5.74) is 2.35. The average molecular weight is 384 g/mol. The van der Waals surface area contributed by atoms with Crippen molar-refractivity contribution in [3.63, 3.8) is 0 Å². The van der Waals surface area contributed by atoms with Crippen molar-refractivity contribution in [2.45, 2.75) is 32.9 Å². The Morgan fingerprint density at radius 1 is 0.966 bits per heavy atom. The minimum atomic E-state index is -0.382. The van der Waals surface area contributed by atoms with Crippen LogP contribution >= 0.6 is 0 Å². The molecule has 0 saturated carbocycles. The standard InChI is InChI=1S/C25H24N2O2/c1-2-3-16-27-19-22(15-14-20-10-6-4-7-11-20)17-23(25(27)29)24(28)26-18-21-12-8-5-9-13-21/h4-13,17,19H,2-3,16,18H2,1H3,(H,26,28). The Bertz CT molecular complexity index is 1070. The summed E-state index contributed by atoms with van der Waals surface area (Å²) < 4.78 is 1.59. The molecule has 29 heavy (non-hydrogen) atoms. The second-order valence-corrected chi connectivity index (χ2v) is 6.78. The van der Waals surface area contributed by atoms with Crippen molar-refractivity contribution in [2.75, 3.05) is 0 Å². The smallest absolute Gasteiger partial charge is 0.263 e. The van der Waals surface area contributed by atoms with Crippen LogP contribution in [-0.4, -0.2) is 10.5 Å². The Labute approximate surface area is 171 Å². The van der Waals surface area contributed by atoms with Crippen LogP contribution in [0.1, 0.15) is 46.8 Å². The molecule has 4 nitrogen and oxygen atoms in total. The van der Waals surface area contributed by atoms with Gasteiger partial charge in [0.1, 0.15) is 5.56 Å². The van der Waals surface area contributed by atoms with Crippen LogP contribution < -0.4 is 10.9 Å². The summed E-state index contributed by atoms with van der Waals surface area (Å²) in [5.74, 6) is 5.79. The number of nitrogens with zero attached hydrogens (tertiary/aromatic N) is 1. The molecule has 0 atom stereocenters. The summed E-state index contributed by atoms with van der Waals surface area (Å²) >= 11 is 0. The SMILES string of the molecule is CCCCn1cc(C#Cc2ccccc2)cc(C(=O)NCc2ccccc2)c1=O. The Balaban J connectivity index is 1.89. The third-order valence-electron chi connectivity index (χ3n) is 4.50. The average Bonchev–Trinajstić information content (AvgIpc) is 2.77. The number of pyridine rings is 1. The number of carbonyl (C=O) groups is 1. The van der Waals surface area contributed by atoms with Gasteiger partial charge in [0.05, 0.1) is 0 Å². The van der Waals surface area contributed by atoms with E-state index in [2.05, 4.69) is 24.1 Å². The van der Waals surface area contributed by atoms with Crippen molar-refractivity contribution < 1.29 is 4.79 Å². The van der Waals surface area contributed by atoms with Crippen molar-refractivity contribution in [1.29, 1.82) is 0 Å². The highest BCUT2D eigenvalue weighted by Crippen LogP contribution is 2.05. The molecule has 0 unspecified atom stereocenters. The van der Waals surface area contributed by atoms with Gasteiger partial charge < -0.3 is 9.88 Å². The van der Waals surface area contributed by atoms with Gasteiger partial charge in [-0.3, -0.25) is 9.59 Å². The van der Waals surface area contributed by atoms with Crippen LogP contribution in [0.3, 0.4) is 0 Å². The summed E-state index contributed by atoms with van der Waals surface area (Å²) in [6, 6.07) is 20.8. The van der Waals surface area contributed by atoms with Gasteiger partial charge in [-0.1, -0.05) is 73.7 Å². The van der Waals surface area contributed by atoms with Crippen LogP contribution in [0.4, 0.5) is 0 Å². The summed E-state index contributed by atoms with van der Waals surface area (Å²) in [6.07, 6.45) is 3.56. The lowest BCUT2D eigenvalue weighted by Gasteiger charge is -2.10. The van der Waals surface area contributed by atoms with E-state index in [-0.39, 0.29) is 17.0 Å². The largest absolute Gasteiger partial charge is 0.348 e. The Morgan fingerprint density at radius 3 is 2.31 bits per heavy atom. The third kappa shape index (κ3) is 5.70. The minimum Gasteiger partial charge on any atom is -0.348 e. The molecular formula is C25H24N2O2. The fourth-order valence-electron chi connectivity index (χ4n) is 2.90. The number of benzene rings is 2. The molecule has 146 valence electrons. The highest BCUT2D eigenvalue weighted by atomic mass is 16.2. The Kier molecular flexibility index (Phi) is 7.02. The lowest BCUT2D eigenvalue weighted by atomic mass is 10.1. The number of nitrogens with one attached hydrogen (secondary N) is 1. The molecule has 0 aliphatic carbocycles. The predicted octanol–water partition coefficient (Wildman–Crippen LogP) is 3.98. The molecule has 0 radical (unpaired) electrons. The molecule has 1 N–H and O–H groups in total. The molecule has 1 amide bonds. The molecule has 1 heterocycles. The van der Waals surface area contributed by atoms with Crippen molar-refractivity contribution in [1.82, 2.24) is 9.88 Å². The van der Waals surface area contributed by atoms with Crippen LogP contribution in [0.15, 0.2) is 77.7 Å². The topological polar surface area (TPSA) is 51.1 Å². The van der Waals surface area contributed by atoms with E-state index < -0.39 is 0 Å². The lowest BCUT2D eigenvalue weighted by molar-refractivity contribution is 0.0948. The number of aryl methyl sites for hydroxylation is 1. The summed E-state index contributed by atoms with van der Waals surface area (Å²) in [5, 5.41) is 2.84. The van der Waals surface area contributed by atoms with E-state index in [0.717, 1.165) is 24.0 Å². The number of hydrogen-bond donors (Lipinski definition) is 1. The van der Waals surface area contributed by atoms with Crippen molar-refractivity contribution in [3.8, 4) is 11.8 Å². The maximum atomic E-state index is 12.8. The Hall–Kier alpha value is -3.58. The number of carbonyl (C=O) groups excluding carboxylic acids is 1. The lowest BCUT2D eigenvalue weighted by Crippen LogP contribution is -2.33. The minimum absolute atomic E-state index is 0.122. The fraction of sp³-hybridized carbons (Fsp3) is 0.200. The monoisotopic (exact) mass is 384 g/mol. The number of aromatic nitrogens is 1. The summed E-state index contributed by atoms with van der Waals surface area (Å²) in [7, 11) is 0. The van der Waals surface area contributed by atoms with E-state index in [9.17, 15) is 9.59 Å². The quantitative estimate of drug-likeness (QED) is 0.654. The normalized spacial score (nSPS) is 10.1. The van der Waals surface area contributed by atoms with Gasteiger partial charge in [0.25, 0.3) is 11.5 Å². The zero-order valence-electron chi connectivity index (χ0n) is 16.5. The van der Waals surface area contributed by atoms with E-state index in [1.54, 1.807) is 16.8 Å². The first-order chi connectivity index (χ1) is 14.2. The molecule has 0 aliphatic heterocycles. The molecule has 0 spiro atoms. The maximum absolute atomic E-state index is 12.8. The van der Waals surface area contributed by atoms with Crippen LogP contribution in [0.2, 0.25) is 0 Å². The van der Waals surface area contributed by atoms with Gasteiger partial charge in [0.15, 0.2) is 0 Å². The number of amides is 1. The van der Waals surface area contributed by atoms with Gasteiger partial charge in [-0.25, -0.2) is 0 Å². The van der Waals surface area contributed by atoms with Crippen LogP contribution in [0.25, 0.3) is 0 Å². The molecule has 4 heteroatoms. The first-order valence-corrected chi connectivity index (χ1v) is 9.81. The number of unbranched alkanes of at least 4 members (excludes halogenated alkanes) is 1. The number of hydrogen-bond acceptors (Lipinski definition) is 2. The third-order valence-corrected chi connectivity index (χ3v) is 4.50. The van der Waals surface area contributed by atoms with Gasteiger partial charge in [0, 0.05) is 30.4 Å². The van der Waals surface area contributed by atoms with E-state index >= 15 is 0 Å². The number of rotatable bonds is 6. The van der Waals surface area contributed by atoms with E-state index in [1.165, 1.54) is 0 Å². The van der Waals surface area contributed by atoms with Crippen LogP contribution in [-0.2, 0) is 13.1 Å². The van der Waals surface area contributed by atoms with Crippen LogP contribution in [0, 0.1) is 11.8 Å². The maximum Gasteiger partial charge on any atom is 0.263 e. The van der Waals surface area contributed by atoms with Crippen LogP contribution in [0.5, 0.6) is 0 Å². The van der Waals surface area contributed by atoms with Gasteiger partial charge in [-0.05, 0) is 30.2 Å². The van der Waals surface area contributed by atoms with Crippen molar-refractivity contribution in [2.24, 2.45) is 0 Å². The highest BCUT2D eigenvalue weighted by Gasteiger charge is 2.14. The van der Waals surface area contributed by atoms with Crippen molar-refractivity contribution >= 4 is 5.91 Å². The summed E-state index contributed by atoms with van der Waals surface area (Å²) in [4.78, 5) is 25.5. The predicted molar refractivity (Wildman–Crippen MR) is 116 cm³/mol. The van der Waals surface area contributed by atoms with E-state index in [1.807, 2.05) is 60.7 Å². The molecule has 0 fully saturated rings. The summed E-state index contributed by atoms with van der Waals surface area (Å²) in [6.45, 7) is 3.00. The van der Waals surface area contributed by atoms with E-state index in [4.69, 9.17) is 0 Å². The molecule has 3 rings (SSSR count). The van der Waals surface area contributed by atoms with Gasteiger partial charge in [0.2, 0.25) is 0 Å². The van der Waals surface area contributed by atoms with E-state index in [0.29, 0.717) is 18.7 Å². The highest BCUT2D eigenvalue weighted by molar-refractivity contribution is 5.94. The molecule has 1 aromatic heterocycles. The molecule has 0 bridgehead atoms.